The van der Waals surface area contributed by atoms with Crippen LogP contribution in [0.4, 0.5) is 13.2 Å². The quantitative estimate of drug-likeness (QED) is 0.346. The zero-order valence-corrected chi connectivity index (χ0v) is 9.78. The number of hydrogen-bond donors (Lipinski definition) is 0. The molecule has 0 radical (unpaired) electrons. The van der Waals surface area contributed by atoms with Crippen LogP contribution in [0.5, 0.6) is 0 Å². The summed E-state index contributed by atoms with van der Waals surface area (Å²) in [7, 11) is -6.09. The Kier molecular flexibility index (Phi) is 9.14. The average molecular weight is 327 g/mol. The number of unbranched alkanes of at least 4 members (excludes halogenated alkanes) is 2. The van der Waals surface area contributed by atoms with E-state index >= 15 is 0 Å². The smallest absolute Gasteiger partial charge is 0.485 e. The Morgan fingerprint density at radius 3 is 1.71 bits per heavy atom. The Morgan fingerprint density at radius 2 is 1.64 bits per heavy atom. The van der Waals surface area contributed by atoms with Crippen molar-refractivity contribution in [3.63, 3.8) is 0 Å². The molecule has 0 aliphatic heterocycles. The van der Waals surface area contributed by atoms with E-state index in [1.165, 1.54) is 24.2 Å². The molecule has 0 rings (SSSR count). The summed E-state index contributed by atoms with van der Waals surface area (Å²) < 4.78 is 58.9. The van der Waals surface area contributed by atoms with Crippen molar-refractivity contribution in [1.29, 1.82) is 0 Å². The van der Waals surface area contributed by atoms with E-state index in [9.17, 15) is 13.2 Å². The van der Waals surface area contributed by atoms with Gasteiger partial charge in [0.25, 0.3) is 0 Å². The van der Waals surface area contributed by atoms with Crippen LogP contribution in [0.3, 0.4) is 0 Å². The molecule has 3 nitrogen and oxygen atoms in total. The molecule has 0 aliphatic rings. The normalized spacial score (nSPS) is 11.9. The van der Waals surface area contributed by atoms with Gasteiger partial charge in [-0.25, -0.2) is 8.42 Å². The van der Waals surface area contributed by atoms with Gasteiger partial charge >= 0.3 is 55.8 Å². The first-order chi connectivity index (χ1) is 6.16. The predicted octanol–water partition coefficient (Wildman–Crippen LogP) is 2.19. The summed E-state index contributed by atoms with van der Waals surface area (Å²) in [6, 6.07) is 0. The molecule has 0 spiro atoms. The fourth-order valence-corrected chi connectivity index (χ4v) is 0.718. The van der Waals surface area contributed by atoms with Crippen LogP contribution in [0.1, 0.15) is 26.2 Å². The fraction of sp³-hybridized carbons (Fsp3) is 1.00. The van der Waals surface area contributed by atoms with Crippen molar-refractivity contribution in [1.82, 2.24) is 0 Å². The molecule has 0 bridgehead atoms. The summed E-state index contributed by atoms with van der Waals surface area (Å²) >= 11 is 3.13. The Balaban J connectivity index is 0. The molecule has 0 saturated heterocycles. The molecule has 0 saturated carbocycles. The van der Waals surface area contributed by atoms with Gasteiger partial charge in [0.05, 0.1) is 0 Å². The maximum atomic E-state index is 10.7. The summed E-state index contributed by atoms with van der Waals surface area (Å²) in [6.07, 6.45) is 4.05. The van der Waals surface area contributed by atoms with E-state index < -0.39 is 15.6 Å². The average Bonchev–Trinajstić information content (AvgIpc) is 1.98. The molecule has 0 N–H and O–H groups in total. The zero-order chi connectivity index (χ0) is 11.8. The standard InChI is InChI=1S/C5H11.CHF3O3S.Pd/c1-3-5-4-2;2-1(3,4)8(5,6)7;/h1,3-5H2,2H3;(H,5,6,7);/q;;+1/p-1. The molecule has 0 heterocycles. The third-order valence-electron chi connectivity index (χ3n) is 0.999. The predicted molar refractivity (Wildman–Crippen MR) is 40.1 cm³/mol. The van der Waals surface area contributed by atoms with E-state index in [2.05, 4.69) is 26.1 Å². The molecule has 0 aromatic rings. The van der Waals surface area contributed by atoms with E-state index in [-0.39, 0.29) is 0 Å². The number of halogens is 3. The van der Waals surface area contributed by atoms with Crippen LogP contribution in [-0.2, 0) is 29.3 Å². The van der Waals surface area contributed by atoms with Gasteiger partial charge in [0.2, 0.25) is 0 Å². The number of alkyl halides is 3. The fourth-order valence-electron chi connectivity index (χ4n) is 0.329. The minimum atomic E-state index is -6.09. The molecular formula is C6H11F3O3PdS. The molecule has 8 heteroatoms. The van der Waals surface area contributed by atoms with Crippen molar-refractivity contribution in [2.45, 2.75) is 36.6 Å². The Hall–Kier alpha value is 0.362. The molecule has 0 aromatic heterocycles. The summed E-state index contributed by atoms with van der Waals surface area (Å²) in [5.41, 5.74) is -5.65. The van der Waals surface area contributed by atoms with Gasteiger partial charge in [-0.1, -0.05) is 0 Å². The second-order valence-electron chi connectivity index (χ2n) is 2.27. The van der Waals surface area contributed by atoms with Gasteiger partial charge in [0.15, 0.2) is 10.1 Å². The second-order valence-corrected chi connectivity index (χ2v) is 4.41. The Bertz CT molecular complexity index is 221. The molecule has 14 heavy (non-hydrogen) atoms. The van der Waals surface area contributed by atoms with Crippen LogP contribution in [0, 0.1) is 0 Å². The Labute approximate surface area is 92.2 Å². The molecule has 0 amide bonds. The van der Waals surface area contributed by atoms with Crippen LogP contribution >= 0.6 is 0 Å². The third kappa shape index (κ3) is 10.4. The first-order valence-electron chi connectivity index (χ1n) is 3.70. The maximum absolute atomic E-state index is 10.7. The van der Waals surface area contributed by atoms with Crippen LogP contribution in [0.15, 0.2) is 0 Å². The van der Waals surface area contributed by atoms with Crippen molar-refractivity contribution in [3.05, 3.63) is 0 Å². The SMILES string of the molecule is CCCC[CH2][Pd+].O=S(=O)([O-])C(F)(F)F. The maximum Gasteiger partial charge on any atom is 0.485 e. The molecule has 0 atom stereocenters. The third-order valence-corrected chi connectivity index (χ3v) is 2.12. The molecule has 0 aromatic carbocycles. The monoisotopic (exact) mass is 326 g/mol. The molecule has 0 fully saturated rings. The topological polar surface area (TPSA) is 57.2 Å². The Morgan fingerprint density at radius 1 is 1.29 bits per heavy atom. The number of hydrogen-bond acceptors (Lipinski definition) is 3. The van der Waals surface area contributed by atoms with E-state index in [0.717, 1.165) is 0 Å². The molecular weight excluding hydrogens is 316 g/mol. The van der Waals surface area contributed by atoms with E-state index in [4.69, 9.17) is 13.0 Å². The summed E-state index contributed by atoms with van der Waals surface area (Å²) in [6.45, 7) is 2.22. The molecule has 0 unspecified atom stereocenters. The van der Waals surface area contributed by atoms with Gasteiger partial charge in [-0.15, -0.1) is 0 Å². The largest absolute Gasteiger partial charge is 0.741 e. The zero-order valence-electron chi connectivity index (χ0n) is 7.41. The van der Waals surface area contributed by atoms with Crippen LogP contribution in [0.2, 0.25) is 4.89 Å². The second kappa shape index (κ2) is 7.63. The molecule has 0 aliphatic carbocycles. The van der Waals surface area contributed by atoms with E-state index in [0.29, 0.717) is 0 Å². The van der Waals surface area contributed by atoms with E-state index in [1.807, 2.05) is 0 Å². The summed E-state index contributed by atoms with van der Waals surface area (Å²) in [5, 5.41) is 0. The van der Waals surface area contributed by atoms with Gasteiger partial charge in [-0.2, -0.15) is 13.2 Å². The molecule has 90 valence electrons. The summed E-state index contributed by atoms with van der Waals surface area (Å²) in [5.74, 6) is 0. The van der Waals surface area contributed by atoms with Crippen LogP contribution in [0.25, 0.3) is 0 Å². The van der Waals surface area contributed by atoms with Gasteiger partial charge in [0.1, 0.15) is 0 Å². The van der Waals surface area contributed by atoms with Crippen LogP contribution < -0.4 is 0 Å². The van der Waals surface area contributed by atoms with Crippen molar-refractivity contribution in [2.24, 2.45) is 0 Å². The van der Waals surface area contributed by atoms with Crippen molar-refractivity contribution in [3.8, 4) is 0 Å². The van der Waals surface area contributed by atoms with Crippen molar-refractivity contribution >= 4 is 10.1 Å². The van der Waals surface area contributed by atoms with Gasteiger partial charge in [-0.05, 0) is 0 Å². The first kappa shape index (κ1) is 16.8. The minimum Gasteiger partial charge on any atom is -0.741 e. The minimum absolute atomic E-state index is 1.20. The van der Waals surface area contributed by atoms with Gasteiger partial charge in [0, 0.05) is 0 Å². The van der Waals surface area contributed by atoms with Crippen LogP contribution in [-0.4, -0.2) is 18.5 Å². The van der Waals surface area contributed by atoms with Crippen molar-refractivity contribution in [2.75, 3.05) is 0 Å². The van der Waals surface area contributed by atoms with Gasteiger partial charge < -0.3 is 4.55 Å². The number of rotatable bonds is 3. The van der Waals surface area contributed by atoms with Crippen molar-refractivity contribution < 1.29 is 45.3 Å². The summed E-state index contributed by atoms with van der Waals surface area (Å²) in [4.78, 5) is 1.20. The van der Waals surface area contributed by atoms with E-state index in [1.54, 1.807) is 0 Å². The first-order valence-corrected chi connectivity index (χ1v) is 6.21. The van der Waals surface area contributed by atoms with Gasteiger partial charge in [-0.3, -0.25) is 0 Å².